The van der Waals surface area contributed by atoms with Crippen molar-refractivity contribution in [2.75, 3.05) is 6.54 Å². The molecule has 0 spiro atoms. The Morgan fingerprint density at radius 2 is 1.64 bits per heavy atom. The molecule has 0 amide bonds. The topological polar surface area (TPSA) is 116 Å². The van der Waals surface area contributed by atoms with Crippen molar-refractivity contribution in [3.05, 3.63) is 79.7 Å². The van der Waals surface area contributed by atoms with Crippen molar-refractivity contribution in [2.24, 2.45) is 9.90 Å². The van der Waals surface area contributed by atoms with Gasteiger partial charge in [-0.05, 0) is 88.6 Å². The van der Waals surface area contributed by atoms with E-state index < -0.39 is 14.1 Å². The van der Waals surface area contributed by atoms with Gasteiger partial charge in [-0.15, -0.1) is 0 Å². The van der Waals surface area contributed by atoms with Crippen LogP contribution in [0.1, 0.15) is 33.4 Å². The molecule has 1 aliphatic heterocycles. The molecule has 9 nitrogen and oxygen atoms in total. The molecule has 2 aromatic carbocycles. The van der Waals surface area contributed by atoms with Crippen LogP contribution in [0, 0.1) is 34.6 Å². The van der Waals surface area contributed by atoms with E-state index in [9.17, 15) is 14.8 Å². The Balaban J connectivity index is 1.85. The zero-order valence-corrected chi connectivity index (χ0v) is 24.0. The van der Waals surface area contributed by atoms with Crippen LogP contribution in [0.2, 0.25) is 13.6 Å². The van der Waals surface area contributed by atoms with Crippen LogP contribution >= 0.6 is 0 Å². The second-order valence-corrected chi connectivity index (χ2v) is 10.5. The first kappa shape index (κ1) is 28.4. The summed E-state index contributed by atoms with van der Waals surface area (Å²) >= 11 is 0. The normalized spacial score (nSPS) is 13.2. The van der Waals surface area contributed by atoms with Gasteiger partial charge in [0.25, 0.3) is 0 Å². The van der Waals surface area contributed by atoms with Crippen LogP contribution in [0.25, 0.3) is 11.3 Å². The van der Waals surface area contributed by atoms with Gasteiger partial charge in [-0.1, -0.05) is 23.8 Å². The highest BCUT2D eigenvalue weighted by atomic mass is 16.2. The molecular weight excluding hydrogens is 490 g/mol. The molecule has 4 N–H and O–H groups in total. The molecule has 39 heavy (non-hydrogen) atoms. The van der Waals surface area contributed by atoms with E-state index >= 15 is 0 Å². The van der Waals surface area contributed by atoms with Crippen LogP contribution in [0.5, 0.6) is 0 Å². The number of aryl methyl sites for hydroxylation is 6. The van der Waals surface area contributed by atoms with Crippen LogP contribution in [0.4, 0.5) is 5.69 Å². The standard InChI is InChI=1S/C28H38B2N6O3/c1-17-12-20(4)26(21(5)13-17)32-25-16-24-23-15-19(3)18(2)14-22(23)8-10-35(24)28(37)36(25)11-9-31-27(33-29(6)38)34-30(7)39/h12-16,38-39H,8-11H2,1-7H3,(H2,31,33,34)/b32-25+. The second kappa shape index (κ2) is 11.7. The minimum Gasteiger partial charge on any atom is -0.433 e. The molecule has 0 aliphatic carbocycles. The monoisotopic (exact) mass is 528 g/mol. The lowest BCUT2D eigenvalue weighted by atomic mass is 9.88. The number of fused-ring (bicyclic) bond motifs is 3. The lowest BCUT2D eigenvalue weighted by Gasteiger charge is -2.24. The maximum Gasteiger partial charge on any atom is 0.431 e. The molecule has 0 saturated carbocycles. The molecule has 0 unspecified atom stereocenters. The van der Waals surface area contributed by atoms with Crippen LogP contribution in [0.15, 0.2) is 45.0 Å². The van der Waals surface area contributed by atoms with E-state index in [2.05, 4.69) is 60.5 Å². The number of hydrogen-bond donors (Lipinski definition) is 4. The van der Waals surface area contributed by atoms with E-state index in [1.807, 2.05) is 24.5 Å². The van der Waals surface area contributed by atoms with E-state index in [0.717, 1.165) is 34.5 Å². The molecule has 0 saturated heterocycles. The van der Waals surface area contributed by atoms with Gasteiger partial charge >= 0.3 is 19.8 Å². The molecule has 1 aliphatic rings. The molecule has 0 radical (unpaired) electrons. The largest absolute Gasteiger partial charge is 0.433 e. The number of hydrogen-bond acceptors (Lipinski definition) is 5. The first-order chi connectivity index (χ1) is 18.4. The minimum absolute atomic E-state index is 0.128. The number of aromatic nitrogens is 2. The number of guanidine groups is 1. The van der Waals surface area contributed by atoms with Crippen molar-refractivity contribution in [1.29, 1.82) is 0 Å². The smallest absolute Gasteiger partial charge is 0.431 e. The van der Waals surface area contributed by atoms with Crippen molar-refractivity contribution >= 4 is 25.7 Å². The summed E-state index contributed by atoms with van der Waals surface area (Å²) in [5, 5.41) is 25.3. The minimum atomic E-state index is -0.953. The van der Waals surface area contributed by atoms with E-state index in [1.54, 1.807) is 11.4 Å². The van der Waals surface area contributed by atoms with E-state index in [4.69, 9.17) is 4.99 Å². The Labute approximate surface area is 230 Å². The maximum atomic E-state index is 14.0. The highest BCUT2D eigenvalue weighted by Crippen LogP contribution is 2.30. The fourth-order valence-electron chi connectivity index (χ4n) is 5.19. The number of nitrogens with one attached hydrogen (secondary N) is 2. The molecule has 204 valence electrons. The maximum absolute atomic E-state index is 14.0. The average molecular weight is 528 g/mol. The lowest BCUT2D eigenvalue weighted by Crippen LogP contribution is -2.48. The number of benzene rings is 2. The summed E-state index contributed by atoms with van der Waals surface area (Å²) in [6.45, 7) is 14.7. The molecular formula is C28H38B2N6O3. The molecule has 2 heterocycles. The fourth-order valence-corrected chi connectivity index (χ4v) is 5.19. The summed E-state index contributed by atoms with van der Waals surface area (Å²) in [5.74, 6) is 0.252. The molecule has 1 aromatic heterocycles. The van der Waals surface area contributed by atoms with Crippen LogP contribution < -0.4 is 21.7 Å². The van der Waals surface area contributed by atoms with Gasteiger partial charge in [-0.3, -0.25) is 14.0 Å². The summed E-state index contributed by atoms with van der Waals surface area (Å²) in [7, 11) is -1.81. The highest BCUT2D eigenvalue weighted by Gasteiger charge is 2.21. The summed E-state index contributed by atoms with van der Waals surface area (Å²) in [4.78, 5) is 23.1. The third kappa shape index (κ3) is 6.37. The molecule has 11 heteroatoms. The summed E-state index contributed by atoms with van der Waals surface area (Å²) in [6.07, 6.45) is 0.789. The van der Waals surface area contributed by atoms with Gasteiger partial charge in [-0.2, -0.15) is 0 Å². The van der Waals surface area contributed by atoms with Gasteiger partial charge in [0, 0.05) is 31.3 Å². The van der Waals surface area contributed by atoms with E-state index in [-0.39, 0.29) is 11.6 Å². The SMILES string of the molecule is CB(O)/N=C(/NCCn1c(=O)n2c(c/c1=N\c1c(C)cc(C)cc1C)-c1cc(C)c(C)cc1CC2)NB(C)O. The van der Waals surface area contributed by atoms with Crippen LogP contribution in [-0.4, -0.2) is 45.8 Å². The number of rotatable bonds is 6. The van der Waals surface area contributed by atoms with Crippen molar-refractivity contribution in [3.63, 3.8) is 0 Å². The van der Waals surface area contributed by atoms with Gasteiger partial charge in [0.1, 0.15) is 5.49 Å². The van der Waals surface area contributed by atoms with Crippen molar-refractivity contribution in [1.82, 2.24) is 19.7 Å². The van der Waals surface area contributed by atoms with Gasteiger partial charge < -0.3 is 20.6 Å². The highest BCUT2D eigenvalue weighted by molar-refractivity contribution is 6.52. The van der Waals surface area contributed by atoms with Gasteiger partial charge in [-0.25, -0.2) is 9.79 Å². The molecule has 3 aromatic rings. The van der Waals surface area contributed by atoms with Crippen molar-refractivity contribution < 1.29 is 10.0 Å². The van der Waals surface area contributed by atoms with Crippen molar-refractivity contribution in [3.8, 4) is 11.3 Å². The predicted molar refractivity (Wildman–Crippen MR) is 159 cm³/mol. The Kier molecular flexibility index (Phi) is 8.51. The number of nitrogens with zero attached hydrogens (tertiary/aromatic N) is 4. The van der Waals surface area contributed by atoms with Crippen molar-refractivity contribution in [2.45, 2.75) is 67.8 Å². The van der Waals surface area contributed by atoms with Gasteiger partial charge in [0.2, 0.25) is 0 Å². The van der Waals surface area contributed by atoms with Crippen LogP contribution in [0.3, 0.4) is 0 Å². The summed E-state index contributed by atoms with van der Waals surface area (Å²) < 4.78 is 3.52. The quantitative estimate of drug-likeness (QED) is 0.223. The average Bonchev–Trinajstić information content (AvgIpc) is 2.83. The first-order valence-electron chi connectivity index (χ1n) is 13.5. The zero-order chi connectivity index (χ0) is 28.4. The molecule has 0 fully saturated rings. The molecule has 4 rings (SSSR count). The lowest BCUT2D eigenvalue weighted by molar-refractivity contribution is 0.536. The Bertz CT molecular complexity index is 1530. The van der Waals surface area contributed by atoms with Gasteiger partial charge in [0.15, 0.2) is 5.96 Å². The third-order valence-electron chi connectivity index (χ3n) is 7.05. The summed E-state index contributed by atoms with van der Waals surface area (Å²) in [6, 6.07) is 10.6. The molecule has 0 bridgehead atoms. The van der Waals surface area contributed by atoms with Crippen LogP contribution in [-0.2, 0) is 19.5 Å². The zero-order valence-electron chi connectivity index (χ0n) is 24.0. The Hall–Kier alpha value is -3.56. The van der Waals surface area contributed by atoms with E-state index in [0.29, 0.717) is 25.1 Å². The second-order valence-electron chi connectivity index (χ2n) is 10.5. The molecule has 0 atom stereocenters. The third-order valence-corrected chi connectivity index (χ3v) is 7.05. The fraction of sp³-hybridized carbons (Fsp3) is 0.393. The predicted octanol–water partition coefficient (Wildman–Crippen LogP) is 2.40. The first-order valence-corrected chi connectivity index (χ1v) is 13.5. The van der Waals surface area contributed by atoms with Gasteiger partial charge in [0.05, 0.1) is 11.4 Å². The van der Waals surface area contributed by atoms with E-state index in [1.165, 1.54) is 29.1 Å². The Morgan fingerprint density at radius 1 is 0.974 bits per heavy atom. The Morgan fingerprint density at radius 3 is 2.28 bits per heavy atom. The summed E-state index contributed by atoms with van der Waals surface area (Å²) in [5.41, 5.74) is 10.2.